The van der Waals surface area contributed by atoms with Gasteiger partial charge >= 0.3 is 0 Å². The van der Waals surface area contributed by atoms with Gasteiger partial charge in [0.05, 0.1) is 6.10 Å². The number of nitrogens with one attached hydrogen (secondary N) is 1. The van der Waals surface area contributed by atoms with E-state index in [9.17, 15) is 0 Å². The Morgan fingerprint density at radius 3 is 2.90 bits per heavy atom. The molecular weight excluding hydrogens is 248 g/mol. The summed E-state index contributed by atoms with van der Waals surface area (Å²) in [5.41, 5.74) is 1.48. The molecule has 0 saturated carbocycles. The molecule has 0 amide bonds. The van der Waals surface area contributed by atoms with Gasteiger partial charge in [-0.3, -0.25) is 0 Å². The van der Waals surface area contributed by atoms with Crippen LogP contribution >= 0.6 is 0 Å². The maximum atomic E-state index is 5.93. The second-order valence-electron chi connectivity index (χ2n) is 6.10. The van der Waals surface area contributed by atoms with Crippen LogP contribution < -0.4 is 15.0 Å². The third kappa shape index (κ3) is 3.66. The van der Waals surface area contributed by atoms with Crippen molar-refractivity contribution in [2.75, 3.05) is 24.5 Å². The molecule has 20 heavy (non-hydrogen) atoms. The number of anilines is 1. The number of benzene rings is 1. The van der Waals surface area contributed by atoms with Gasteiger partial charge < -0.3 is 15.0 Å². The Balaban J connectivity index is 2.10. The van der Waals surface area contributed by atoms with Crippen LogP contribution in [0.4, 0.5) is 5.69 Å². The van der Waals surface area contributed by atoms with Crippen molar-refractivity contribution >= 4 is 5.69 Å². The van der Waals surface area contributed by atoms with Gasteiger partial charge in [0.25, 0.3) is 0 Å². The lowest BCUT2D eigenvalue weighted by Gasteiger charge is -2.42. The van der Waals surface area contributed by atoms with E-state index in [2.05, 4.69) is 62.2 Å². The third-order valence-corrected chi connectivity index (χ3v) is 4.35. The largest absolute Gasteiger partial charge is 0.491 e. The van der Waals surface area contributed by atoms with Crippen LogP contribution in [0.3, 0.4) is 0 Å². The molecule has 0 bridgehead atoms. The molecule has 3 nitrogen and oxygen atoms in total. The Morgan fingerprint density at radius 1 is 1.40 bits per heavy atom. The summed E-state index contributed by atoms with van der Waals surface area (Å²) in [5.74, 6) is 0.980. The van der Waals surface area contributed by atoms with Crippen molar-refractivity contribution < 1.29 is 4.74 Å². The minimum atomic E-state index is 0.214. The first-order valence-electron chi connectivity index (χ1n) is 7.83. The number of nitrogens with zero attached hydrogens (tertiary/aromatic N) is 1. The van der Waals surface area contributed by atoms with Crippen molar-refractivity contribution in [2.45, 2.75) is 52.2 Å². The summed E-state index contributed by atoms with van der Waals surface area (Å²) in [4.78, 5) is 2.46. The lowest BCUT2D eigenvalue weighted by molar-refractivity contribution is 0.217. The van der Waals surface area contributed by atoms with Crippen LogP contribution in [0.25, 0.3) is 0 Å². The molecule has 0 spiro atoms. The molecule has 2 rings (SSSR count). The van der Waals surface area contributed by atoms with Crippen LogP contribution in [0.1, 0.15) is 40.5 Å². The number of rotatable bonds is 5. The molecule has 1 heterocycles. The summed E-state index contributed by atoms with van der Waals surface area (Å²) in [6.45, 7) is 12.0. The van der Waals surface area contributed by atoms with E-state index in [4.69, 9.17) is 4.74 Å². The first-order valence-corrected chi connectivity index (χ1v) is 7.83. The van der Waals surface area contributed by atoms with Gasteiger partial charge in [-0.05, 0) is 38.8 Å². The van der Waals surface area contributed by atoms with E-state index in [1.165, 1.54) is 5.69 Å². The normalized spacial score (nSPS) is 24.5. The third-order valence-electron chi connectivity index (χ3n) is 4.35. The predicted molar refractivity (Wildman–Crippen MR) is 85.7 cm³/mol. The molecule has 112 valence electrons. The Labute approximate surface area is 123 Å². The van der Waals surface area contributed by atoms with Gasteiger partial charge in [0.15, 0.2) is 0 Å². The zero-order valence-electron chi connectivity index (χ0n) is 13.3. The smallest absolute Gasteiger partial charge is 0.121 e. The quantitative estimate of drug-likeness (QED) is 0.891. The lowest BCUT2D eigenvalue weighted by atomic mass is 9.95. The van der Waals surface area contributed by atoms with Crippen molar-refractivity contribution in [1.82, 2.24) is 5.32 Å². The molecule has 1 saturated heterocycles. The van der Waals surface area contributed by atoms with Gasteiger partial charge in [-0.25, -0.2) is 0 Å². The average Bonchev–Trinajstić information content (AvgIpc) is 2.47. The van der Waals surface area contributed by atoms with Crippen molar-refractivity contribution in [3.63, 3.8) is 0 Å². The average molecular weight is 276 g/mol. The predicted octanol–water partition coefficient (Wildman–Crippen LogP) is 3.44. The zero-order chi connectivity index (χ0) is 14.6. The van der Waals surface area contributed by atoms with Crippen molar-refractivity contribution in [3.8, 4) is 5.75 Å². The van der Waals surface area contributed by atoms with Crippen molar-refractivity contribution in [2.24, 2.45) is 0 Å². The summed E-state index contributed by atoms with van der Waals surface area (Å²) in [6, 6.07) is 8.51. The minimum absolute atomic E-state index is 0.214. The van der Waals surface area contributed by atoms with Crippen molar-refractivity contribution in [1.29, 1.82) is 0 Å². The fraction of sp³-hybridized carbons (Fsp3) is 0.647. The lowest BCUT2D eigenvalue weighted by Crippen LogP contribution is -2.58. The summed E-state index contributed by atoms with van der Waals surface area (Å²) < 4.78 is 5.93. The van der Waals surface area contributed by atoms with Gasteiger partial charge in [-0.15, -0.1) is 0 Å². The molecule has 2 atom stereocenters. The van der Waals surface area contributed by atoms with E-state index >= 15 is 0 Å². The molecule has 1 aromatic rings. The van der Waals surface area contributed by atoms with E-state index in [1.54, 1.807) is 0 Å². The number of hydrogen-bond acceptors (Lipinski definition) is 3. The van der Waals surface area contributed by atoms with E-state index in [-0.39, 0.29) is 11.6 Å². The van der Waals surface area contributed by atoms with Crippen molar-refractivity contribution in [3.05, 3.63) is 24.3 Å². The Bertz CT molecular complexity index is 435. The fourth-order valence-electron chi connectivity index (χ4n) is 2.58. The highest BCUT2D eigenvalue weighted by molar-refractivity contribution is 5.51. The maximum Gasteiger partial charge on any atom is 0.121 e. The SMILES string of the molecule is CCC(C)Oc1cccc(N2CCNC(C)(CC)C2)c1. The first-order chi connectivity index (χ1) is 9.56. The molecule has 1 fully saturated rings. The van der Waals surface area contributed by atoms with Crippen LogP contribution in [-0.2, 0) is 0 Å². The fourth-order valence-corrected chi connectivity index (χ4v) is 2.58. The second-order valence-corrected chi connectivity index (χ2v) is 6.10. The molecule has 0 radical (unpaired) electrons. The highest BCUT2D eigenvalue weighted by Gasteiger charge is 2.28. The highest BCUT2D eigenvalue weighted by atomic mass is 16.5. The van der Waals surface area contributed by atoms with Gasteiger partial charge in [-0.2, -0.15) is 0 Å². The van der Waals surface area contributed by atoms with Crippen LogP contribution in [0.2, 0.25) is 0 Å². The first kappa shape index (κ1) is 15.2. The second kappa shape index (κ2) is 6.49. The van der Waals surface area contributed by atoms with E-state index in [0.29, 0.717) is 0 Å². The topological polar surface area (TPSA) is 24.5 Å². The van der Waals surface area contributed by atoms with Gasteiger partial charge in [0.2, 0.25) is 0 Å². The Morgan fingerprint density at radius 2 is 2.20 bits per heavy atom. The van der Waals surface area contributed by atoms with Crippen LogP contribution in [0, 0.1) is 0 Å². The molecule has 2 unspecified atom stereocenters. The van der Waals surface area contributed by atoms with E-state index < -0.39 is 0 Å². The Hall–Kier alpha value is -1.22. The molecular formula is C17H28N2O. The van der Waals surface area contributed by atoms with E-state index in [0.717, 1.165) is 38.2 Å². The monoisotopic (exact) mass is 276 g/mol. The summed E-state index contributed by atoms with van der Waals surface area (Å²) in [7, 11) is 0. The molecule has 1 aliphatic heterocycles. The number of piperazine rings is 1. The highest BCUT2D eigenvalue weighted by Crippen LogP contribution is 2.26. The Kier molecular flexibility index (Phi) is 4.92. The van der Waals surface area contributed by atoms with Crippen LogP contribution in [0.5, 0.6) is 5.75 Å². The molecule has 0 aromatic heterocycles. The number of hydrogen-bond donors (Lipinski definition) is 1. The van der Waals surface area contributed by atoms with Crippen LogP contribution in [-0.4, -0.2) is 31.3 Å². The van der Waals surface area contributed by atoms with Gasteiger partial charge in [0, 0.05) is 36.9 Å². The zero-order valence-corrected chi connectivity index (χ0v) is 13.3. The van der Waals surface area contributed by atoms with Crippen LogP contribution in [0.15, 0.2) is 24.3 Å². The van der Waals surface area contributed by atoms with E-state index in [1.807, 2.05) is 0 Å². The maximum absolute atomic E-state index is 5.93. The molecule has 3 heteroatoms. The standard InChI is InChI=1S/C17H28N2O/c1-5-14(3)20-16-9-7-8-15(12-16)19-11-10-18-17(4,6-2)13-19/h7-9,12,14,18H,5-6,10-11,13H2,1-4H3. The molecule has 1 aliphatic rings. The van der Waals surface area contributed by atoms with Gasteiger partial charge in [0.1, 0.15) is 5.75 Å². The molecule has 1 N–H and O–H groups in total. The minimum Gasteiger partial charge on any atom is -0.491 e. The summed E-state index contributed by atoms with van der Waals surface area (Å²) in [6.07, 6.45) is 2.45. The summed E-state index contributed by atoms with van der Waals surface area (Å²) >= 11 is 0. The van der Waals surface area contributed by atoms with Gasteiger partial charge in [-0.1, -0.05) is 19.9 Å². The summed E-state index contributed by atoms with van der Waals surface area (Å²) in [5, 5.41) is 3.63. The number of ether oxygens (including phenoxy) is 1. The molecule has 1 aromatic carbocycles. The molecule has 0 aliphatic carbocycles.